The van der Waals surface area contributed by atoms with E-state index in [-0.39, 0.29) is 29.7 Å². The lowest BCUT2D eigenvalue weighted by Crippen LogP contribution is -2.65. The molecule has 3 amide bonds. The molecule has 5 rings (SSSR count). The minimum absolute atomic E-state index is 0.0294. The van der Waals surface area contributed by atoms with Gasteiger partial charge in [-0.05, 0) is 63.5 Å². The molecule has 1 fully saturated rings. The van der Waals surface area contributed by atoms with Crippen LogP contribution in [0.3, 0.4) is 0 Å². The van der Waals surface area contributed by atoms with Crippen LogP contribution in [0.25, 0.3) is 5.76 Å². The van der Waals surface area contributed by atoms with E-state index in [0.29, 0.717) is 16.9 Å². The maximum atomic E-state index is 14.1. The fraction of sp³-hybridized carbons (Fsp3) is 0.355. The van der Waals surface area contributed by atoms with Gasteiger partial charge in [-0.3, -0.25) is 19.3 Å². The van der Waals surface area contributed by atoms with E-state index in [0.717, 1.165) is 5.56 Å². The number of fused-ring (bicyclic) bond motifs is 3. The van der Waals surface area contributed by atoms with Gasteiger partial charge in [0.05, 0.1) is 17.3 Å². The molecule has 1 saturated carbocycles. The summed E-state index contributed by atoms with van der Waals surface area (Å²) in [4.78, 5) is 55.6. The predicted octanol–water partition coefficient (Wildman–Crippen LogP) is 1.98. The predicted molar refractivity (Wildman–Crippen MR) is 162 cm³/mol. The zero-order chi connectivity index (χ0) is 32.4. The normalized spacial score (nSPS) is 24.5. The third-order valence-electron chi connectivity index (χ3n) is 8.74. The molecule has 0 spiro atoms. The van der Waals surface area contributed by atoms with Crippen LogP contribution in [-0.4, -0.2) is 88.7 Å². The van der Waals surface area contributed by atoms with Gasteiger partial charge in [0.15, 0.2) is 17.1 Å². The van der Waals surface area contributed by atoms with Crippen LogP contribution in [0, 0.1) is 18.8 Å². The molecule has 232 valence electrons. The summed E-state index contributed by atoms with van der Waals surface area (Å²) in [5, 5.41) is 51.0. The highest BCUT2D eigenvalue weighted by molar-refractivity contribution is 6.24. The Bertz CT molecular complexity index is 1680. The minimum atomic E-state index is -2.74. The Morgan fingerprint density at radius 1 is 1.02 bits per heavy atom. The Kier molecular flexibility index (Phi) is 7.42. The lowest BCUT2D eigenvalue weighted by molar-refractivity contribution is -0.153. The number of ketones is 2. The van der Waals surface area contributed by atoms with Crippen LogP contribution in [-0.2, 0) is 20.8 Å². The number of nitrogens with zero attached hydrogens (tertiary/aromatic N) is 2. The summed E-state index contributed by atoms with van der Waals surface area (Å²) < 4.78 is 0. The van der Waals surface area contributed by atoms with Gasteiger partial charge in [0.25, 0.3) is 5.91 Å². The van der Waals surface area contributed by atoms with Gasteiger partial charge in [0, 0.05) is 37.0 Å². The number of likely N-dealkylation sites (N-methyl/N-ethyl adjacent to an activating group) is 1. The van der Waals surface area contributed by atoms with Crippen molar-refractivity contribution in [2.45, 2.75) is 31.4 Å². The number of urea groups is 1. The number of aliphatic hydroxyl groups is 3. The van der Waals surface area contributed by atoms with Gasteiger partial charge in [0.1, 0.15) is 17.1 Å². The van der Waals surface area contributed by atoms with Crippen molar-refractivity contribution in [3.05, 3.63) is 63.9 Å². The molecule has 0 saturated heterocycles. The molecule has 2 aromatic carbocycles. The van der Waals surface area contributed by atoms with E-state index in [1.54, 1.807) is 51.3 Å². The number of aromatic hydroxyl groups is 1. The van der Waals surface area contributed by atoms with E-state index in [2.05, 4.69) is 10.6 Å². The molecule has 4 atom stereocenters. The number of nitrogens with two attached hydrogens (primary N) is 1. The number of Topliss-reactive ketones (excluding diaryl/α,β-unsaturated/α-hetero) is 2. The Morgan fingerprint density at radius 3 is 2.23 bits per heavy atom. The number of phenolic OH excluding ortho intramolecular Hbond substituents is 1. The number of hydrogen-bond donors (Lipinski definition) is 7. The van der Waals surface area contributed by atoms with E-state index >= 15 is 0 Å². The maximum absolute atomic E-state index is 14.1. The van der Waals surface area contributed by atoms with Gasteiger partial charge < -0.3 is 41.7 Å². The third kappa shape index (κ3) is 4.55. The lowest BCUT2D eigenvalue weighted by Gasteiger charge is -2.50. The zero-order valence-corrected chi connectivity index (χ0v) is 24.9. The smallest absolute Gasteiger partial charge is 0.323 e. The number of primary amides is 1. The topological polar surface area (TPSA) is 206 Å². The highest BCUT2D eigenvalue weighted by atomic mass is 16.3. The summed E-state index contributed by atoms with van der Waals surface area (Å²) >= 11 is 0. The summed E-state index contributed by atoms with van der Waals surface area (Å²) in [5.41, 5.74) is 3.81. The second-order valence-corrected chi connectivity index (χ2v) is 11.9. The summed E-state index contributed by atoms with van der Waals surface area (Å²) in [6.07, 6.45) is 0.0871. The molecule has 13 heteroatoms. The lowest BCUT2D eigenvalue weighted by atomic mass is 9.57. The van der Waals surface area contributed by atoms with Crippen molar-refractivity contribution in [3.8, 4) is 5.75 Å². The van der Waals surface area contributed by atoms with Crippen LogP contribution in [0.4, 0.5) is 21.9 Å². The number of aryl methyl sites for hydroxylation is 1. The number of nitrogens with one attached hydrogen (secondary N) is 2. The second kappa shape index (κ2) is 10.7. The van der Waals surface area contributed by atoms with Gasteiger partial charge in [0.2, 0.25) is 5.78 Å². The number of aliphatic hydroxyl groups excluding tert-OH is 2. The van der Waals surface area contributed by atoms with Gasteiger partial charge >= 0.3 is 6.03 Å². The first-order chi connectivity index (χ1) is 20.6. The highest BCUT2D eigenvalue weighted by Crippen LogP contribution is 2.54. The van der Waals surface area contributed by atoms with Crippen LogP contribution in [0.1, 0.15) is 23.1 Å². The molecular formula is C31H35N5O8. The monoisotopic (exact) mass is 605 g/mol. The number of amides is 3. The molecule has 0 aromatic heterocycles. The second-order valence-electron chi connectivity index (χ2n) is 11.9. The first-order valence-corrected chi connectivity index (χ1v) is 13.9. The van der Waals surface area contributed by atoms with E-state index in [1.165, 1.54) is 4.90 Å². The number of hydrogen-bond acceptors (Lipinski definition) is 10. The molecular weight excluding hydrogens is 570 g/mol. The van der Waals surface area contributed by atoms with Crippen molar-refractivity contribution in [3.63, 3.8) is 0 Å². The van der Waals surface area contributed by atoms with Crippen LogP contribution >= 0.6 is 0 Å². The minimum Gasteiger partial charge on any atom is -0.508 e. The fourth-order valence-electron chi connectivity index (χ4n) is 6.71. The number of rotatable bonds is 5. The van der Waals surface area contributed by atoms with Gasteiger partial charge in [-0.1, -0.05) is 17.7 Å². The number of anilines is 3. The summed E-state index contributed by atoms with van der Waals surface area (Å²) in [6.45, 7) is 1.90. The van der Waals surface area contributed by atoms with E-state index in [9.17, 15) is 39.6 Å². The van der Waals surface area contributed by atoms with Gasteiger partial charge in [-0.25, -0.2) is 4.79 Å². The molecule has 3 aliphatic carbocycles. The number of phenols is 1. The largest absolute Gasteiger partial charge is 0.508 e. The number of carbonyl (C=O) groups is 4. The van der Waals surface area contributed by atoms with Crippen LogP contribution in [0.5, 0.6) is 5.75 Å². The molecule has 0 heterocycles. The zero-order valence-electron chi connectivity index (χ0n) is 24.9. The van der Waals surface area contributed by atoms with Crippen LogP contribution < -0.4 is 21.3 Å². The standard InChI is InChI=1S/C31H35N5O8/c1-13-6-8-15(9-7-13)33-30(43)34-18-12-19(35(2)3)16-10-14-11-17-23(36(4)5)26(39)22(29(32)42)28(41)31(17,44)27(40)20(14)25(38)21(16)24(18)37/h6-9,12,14,17,23,37-38,41,44H,10-11H2,1-5H3,(H2,32,42)(H2,33,34,43)/t14-,17-,23?,31-/m0/s1. The van der Waals surface area contributed by atoms with E-state index in [4.69, 9.17) is 5.73 Å². The Labute approximate surface area is 253 Å². The molecule has 44 heavy (non-hydrogen) atoms. The van der Waals surface area contributed by atoms with Gasteiger partial charge in [-0.15, -0.1) is 0 Å². The van der Waals surface area contributed by atoms with Crippen molar-refractivity contribution in [1.82, 2.24) is 4.90 Å². The molecule has 0 bridgehead atoms. The molecule has 0 aliphatic heterocycles. The van der Waals surface area contributed by atoms with Crippen LogP contribution in [0.2, 0.25) is 0 Å². The summed E-state index contributed by atoms with van der Waals surface area (Å²) in [6, 6.07) is 6.76. The van der Waals surface area contributed by atoms with Gasteiger partial charge in [-0.2, -0.15) is 0 Å². The van der Waals surface area contributed by atoms with Crippen LogP contribution in [0.15, 0.2) is 47.2 Å². The van der Waals surface area contributed by atoms with Crippen molar-refractivity contribution in [1.29, 1.82) is 0 Å². The number of benzene rings is 2. The quantitative estimate of drug-likeness (QED) is 0.195. The molecule has 8 N–H and O–H groups in total. The Balaban J connectivity index is 1.63. The van der Waals surface area contributed by atoms with Crippen molar-refractivity contribution in [2.75, 3.05) is 43.7 Å². The first-order valence-electron chi connectivity index (χ1n) is 13.9. The van der Waals surface area contributed by atoms with Crippen molar-refractivity contribution in [2.24, 2.45) is 17.6 Å². The van der Waals surface area contributed by atoms with Crippen molar-refractivity contribution >= 4 is 46.3 Å². The summed E-state index contributed by atoms with van der Waals surface area (Å²) in [5.74, 6) is -7.46. The molecule has 13 nitrogen and oxygen atoms in total. The van der Waals surface area contributed by atoms with Crippen molar-refractivity contribution < 1.29 is 39.6 Å². The Morgan fingerprint density at radius 2 is 1.66 bits per heavy atom. The molecule has 2 aromatic rings. The maximum Gasteiger partial charge on any atom is 0.323 e. The first kappa shape index (κ1) is 30.6. The third-order valence-corrected chi connectivity index (χ3v) is 8.74. The summed E-state index contributed by atoms with van der Waals surface area (Å²) in [7, 11) is 6.55. The highest BCUT2D eigenvalue weighted by Gasteiger charge is 2.64. The molecule has 3 aliphatic rings. The molecule has 0 radical (unpaired) electrons. The van der Waals surface area contributed by atoms with E-state index < -0.39 is 69.8 Å². The fourth-order valence-corrected chi connectivity index (χ4v) is 6.71. The van der Waals surface area contributed by atoms with E-state index in [1.807, 2.05) is 19.1 Å². The molecule has 1 unspecified atom stereocenters. The average Bonchev–Trinajstić information content (AvgIpc) is 2.93. The number of carbonyl (C=O) groups excluding carboxylic acids is 4. The SMILES string of the molecule is Cc1ccc(NC(=O)Nc2cc(N(C)C)c3c(c2O)C(O)=C2C(=O)[C@]4(O)C(O)=C(C(N)=O)C(=O)C(N(C)C)[C@@H]4C[C@@H]2C3)cc1. The Hall–Kier alpha value is -4.88. The average molecular weight is 606 g/mol.